The van der Waals surface area contributed by atoms with E-state index in [1.807, 2.05) is 43.0 Å². The molecule has 1 aliphatic rings. The topological polar surface area (TPSA) is 69.7 Å². The molecule has 0 atom stereocenters. The van der Waals surface area contributed by atoms with Gasteiger partial charge in [-0.2, -0.15) is 0 Å². The number of nitrogens with zero attached hydrogens (tertiary/aromatic N) is 2. The summed E-state index contributed by atoms with van der Waals surface area (Å²) in [6.07, 6.45) is 2.45. The lowest BCUT2D eigenvalue weighted by Gasteiger charge is -2.26. The number of rotatable bonds is 9. The van der Waals surface area contributed by atoms with E-state index >= 15 is 0 Å². The molecule has 8 heteroatoms. The predicted octanol–water partition coefficient (Wildman–Crippen LogP) is 4.36. The van der Waals surface area contributed by atoms with Crippen LogP contribution in [0, 0.1) is 0 Å². The number of carbonyl (C=O) groups is 1. The standard InChI is InChI=1S/C22H28ClN3O3S/c1-4-13-30(28,29)24-17-9-12-21(25(2)3)16(14-17)15-26(18-10-11-18)22(27)19-7-5-6-8-20(19)23/h5-9,12,14,18,24H,4,10-11,13,15H2,1-3H3. The molecule has 6 nitrogen and oxygen atoms in total. The SMILES string of the molecule is CCCS(=O)(=O)Nc1ccc(N(C)C)c(CN(C(=O)c2ccccc2Cl)C2CC2)c1. The van der Waals surface area contributed by atoms with E-state index in [4.69, 9.17) is 11.6 Å². The molecule has 0 aliphatic heterocycles. The summed E-state index contributed by atoms with van der Waals surface area (Å²) in [7, 11) is 0.462. The van der Waals surface area contributed by atoms with Gasteiger partial charge in [0, 0.05) is 38.1 Å². The lowest BCUT2D eigenvalue weighted by atomic mass is 10.1. The van der Waals surface area contributed by atoms with E-state index < -0.39 is 10.0 Å². The van der Waals surface area contributed by atoms with E-state index in [0.717, 1.165) is 24.1 Å². The van der Waals surface area contributed by atoms with Crippen molar-refractivity contribution >= 4 is 38.9 Å². The van der Waals surface area contributed by atoms with Crippen molar-refractivity contribution in [3.05, 3.63) is 58.6 Å². The third kappa shape index (κ3) is 5.46. The van der Waals surface area contributed by atoms with Crippen molar-refractivity contribution in [3.63, 3.8) is 0 Å². The summed E-state index contributed by atoms with van der Waals surface area (Å²) in [6, 6.07) is 12.7. The van der Waals surface area contributed by atoms with Crippen molar-refractivity contribution in [2.24, 2.45) is 0 Å². The van der Waals surface area contributed by atoms with Gasteiger partial charge in [-0.3, -0.25) is 9.52 Å². The van der Waals surface area contributed by atoms with Gasteiger partial charge in [-0.15, -0.1) is 0 Å². The highest BCUT2D eigenvalue weighted by molar-refractivity contribution is 7.92. The number of benzene rings is 2. The van der Waals surface area contributed by atoms with Gasteiger partial charge in [0.05, 0.1) is 16.3 Å². The molecule has 30 heavy (non-hydrogen) atoms. The fourth-order valence-electron chi connectivity index (χ4n) is 3.44. The van der Waals surface area contributed by atoms with E-state index in [2.05, 4.69) is 4.72 Å². The second-order valence-corrected chi connectivity index (χ2v) is 10.1. The van der Waals surface area contributed by atoms with Gasteiger partial charge in [0.1, 0.15) is 0 Å². The summed E-state index contributed by atoms with van der Waals surface area (Å²) in [5.74, 6) is -0.0403. The average molecular weight is 450 g/mol. The zero-order valence-electron chi connectivity index (χ0n) is 17.6. The first-order valence-corrected chi connectivity index (χ1v) is 12.1. The van der Waals surface area contributed by atoms with Crippen LogP contribution < -0.4 is 9.62 Å². The first-order chi connectivity index (χ1) is 14.2. The van der Waals surface area contributed by atoms with Crippen LogP contribution in [0.25, 0.3) is 0 Å². The Hall–Kier alpha value is -2.25. The highest BCUT2D eigenvalue weighted by Crippen LogP contribution is 2.33. The molecule has 0 spiro atoms. The summed E-state index contributed by atoms with van der Waals surface area (Å²) >= 11 is 6.27. The Balaban J connectivity index is 1.93. The molecule has 162 valence electrons. The Kier molecular flexibility index (Phi) is 6.93. The Morgan fingerprint density at radius 1 is 1.17 bits per heavy atom. The quantitative estimate of drug-likeness (QED) is 0.617. The number of hydrogen-bond donors (Lipinski definition) is 1. The maximum atomic E-state index is 13.2. The molecule has 1 aliphatic carbocycles. The van der Waals surface area contributed by atoms with Crippen LogP contribution in [0.3, 0.4) is 0 Å². The fourth-order valence-corrected chi connectivity index (χ4v) is 4.78. The van der Waals surface area contributed by atoms with Gasteiger partial charge in [0.25, 0.3) is 5.91 Å². The van der Waals surface area contributed by atoms with E-state index in [9.17, 15) is 13.2 Å². The lowest BCUT2D eigenvalue weighted by molar-refractivity contribution is 0.0730. The van der Waals surface area contributed by atoms with Gasteiger partial charge >= 0.3 is 0 Å². The zero-order valence-corrected chi connectivity index (χ0v) is 19.1. The van der Waals surface area contributed by atoms with E-state index in [1.165, 1.54) is 0 Å². The van der Waals surface area contributed by atoms with Gasteiger partial charge in [0.15, 0.2) is 0 Å². The average Bonchev–Trinajstić information content (AvgIpc) is 3.50. The van der Waals surface area contributed by atoms with Gasteiger partial charge < -0.3 is 9.80 Å². The summed E-state index contributed by atoms with van der Waals surface area (Å²) < 4.78 is 27.0. The second-order valence-electron chi connectivity index (χ2n) is 7.80. The van der Waals surface area contributed by atoms with Crippen molar-refractivity contribution < 1.29 is 13.2 Å². The number of nitrogens with one attached hydrogen (secondary N) is 1. The molecule has 0 heterocycles. The van der Waals surface area contributed by atoms with E-state index in [1.54, 1.807) is 30.3 Å². The van der Waals surface area contributed by atoms with E-state index in [-0.39, 0.29) is 17.7 Å². The highest BCUT2D eigenvalue weighted by atomic mass is 35.5. The third-order valence-electron chi connectivity index (χ3n) is 5.00. The van der Waals surface area contributed by atoms with Crippen LogP contribution >= 0.6 is 11.6 Å². The molecule has 1 amide bonds. The Morgan fingerprint density at radius 2 is 1.87 bits per heavy atom. The fraction of sp³-hybridized carbons (Fsp3) is 0.409. The minimum Gasteiger partial charge on any atom is -0.377 e. The largest absolute Gasteiger partial charge is 0.377 e. The van der Waals surface area contributed by atoms with Crippen LogP contribution in [0.2, 0.25) is 5.02 Å². The monoisotopic (exact) mass is 449 g/mol. The first-order valence-electron chi connectivity index (χ1n) is 10.1. The van der Waals surface area contributed by atoms with Crippen molar-refractivity contribution in [3.8, 4) is 0 Å². The number of amides is 1. The van der Waals surface area contributed by atoms with Crippen LogP contribution in [0.5, 0.6) is 0 Å². The smallest absolute Gasteiger partial charge is 0.255 e. The van der Waals surface area contributed by atoms with Crippen molar-refractivity contribution in [1.29, 1.82) is 0 Å². The summed E-state index contributed by atoms with van der Waals surface area (Å²) in [6.45, 7) is 2.21. The van der Waals surface area contributed by atoms with Crippen LogP contribution in [0.1, 0.15) is 42.1 Å². The minimum absolute atomic E-state index is 0.0664. The number of hydrogen-bond acceptors (Lipinski definition) is 4. The zero-order chi connectivity index (χ0) is 21.9. The Morgan fingerprint density at radius 3 is 2.47 bits per heavy atom. The van der Waals surface area contributed by atoms with Gasteiger partial charge in [-0.1, -0.05) is 30.7 Å². The van der Waals surface area contributed by atoms with Gasteiger partial charge in [-0.05, 0) is 55.2 Å². The van der Waals surface area contributed by atoms with Gasteiger partial charge in [-0.25, -0.2) is 8.42 Å². The lowest BCUT2D eigenvalue weighted by Crippen LogP contribution is -2.33. The number of sulfonamides is 1. The van der Waals surface area contributed by atoms with E-state index in [0.29, 0.717) is 29.2 Å². The Bertz CT molecular complexity index is 1020. The second kappa shape index (κ2) is 9.27. The molecule has 2 aromatic rings. The summed E-state index contributed by atoms with van der Waals surface area (Å²) in [4.78, 5) is 17.1. The first kappa shape index (κ1) is 22.4. The number of anilines is 2. The molecule has 0 unspecified atom stereocenters. The maximum Gasteiger partial charge on any atom is 0.255 e. The molecule has 1 N–H and O–H groups in total. The van der Waals surface area contributed by atoms with Crippen molar-refractivity contribution in [2.45, 2.75) is 38.8 Å². The van der Waals surface area contributed by atoms with Crippen LogP contribution in [-0.2, 0) is 16.6 Å². The van der Waals surface area contributed by atoms with Crippen molar-refractivity contribution in [2.75, 3.05) is 29.5 Å². The van der Waals surface area contributed by atoms with Crippen LogP contribution in [-0.4, -0.2) is 45.1 Å². The molecular formula is C22H28ClN3O3S. The normalized spacial score (nSPS) is 13.7. The molecular weight excluding hydrogens is 422 g/mol. The molecule has 0 aromatic heterocycles. The van der Waals surface area contributed by atoms with Crippen molar-refractivity contribution in [1.82, 2.24) is 4.90 Å². The molecule has 1 fully saturated rings. The molecule has 2 aromatic carbocycles. The highest BCUT2D eigenvalue weighted by Gasteiger charge is 2.34. The third-order valence-corrected chi connectivity index (χ3v) is 6.82. The molecule has 0 radical (unpaired) electrons. The molecule has 0 saturated heterocycles. The van der Waals surface area contributed by atoms with Crippen LogP contribution in [0.15, 0.2) is 42.5 Å². The number of carbonyl (C=O) groups excluding carboxylic acids is 1. The molecule has 0 bridgehead atoms. The minimum atomic E-state index is -3.39. The Labute approximate surface area is 183 Å². The summed E-state index contributed by atoms with van der Waals surface area (Å²) in [5.41, 5.74) is 2.80. The molecule has 1 saturated carbocycles. The maximum absolute atomic E-state index is 13.2. The van der Waals surface area contributed by atoms with Gasteiger partial charge in [0.2, 0.25) is 10.0 Å². The predicted molar refractivity (Wildman–Crippen MR) is 123 cm³/mol. The number of halogens is 1. The summed E-state index contributed by atoms with van der Waals surface area (Å²) in [5, 5.41) is 0.432. The van der Waals surface area contributed by atoms with Crippen LogP contribution in [0.4, 0.5) is 11.4 Å². The molecule has 3 rings (SSSR count).